The van der Waals surface area contributed by atoms with E-state index < -0.39 is 0 Å². The third kappa shape index (κ3) is 2.92. The van der Waals surface area contributed by atoms with Gasteiger partial charge in [0.05, 0.1) is 6.54 Å². The quantitative estimate of drug-likeness (QED) is 0.868. The highest BCUT2D eigenvalue weighted by atomic mass is 32.2. The van der Waals surface area contributed by atoms with Gasteiger partial charge < -0.3 is 4.90 Å². The summed E-state index contributed by atoms with van der Waals surface area (Å²) in [5, 5.41) is 14.3. The van der Waals surface area contributed by atoms with Gasteiger partial charge in [-0.05, 0) is 35.7 Å². The van der Waals surface area contributed by atoms with Crippen LogP contribution in [0.3, 0.4) is 0 Å². The second-order valence-corrected chi connectivity index (χ2v) is 8.08. The van der Waals surface area contributed by atoms with Crippen LogP contribution in [0.1, 0.15) is 18.7 Å². The maximum Gasteiger partial charge on any atom is 0.245 e. The first kappa shape index (κ1) is 12.9. The van der Waals surface area contributed by atoms with Crippen molar-refractivity contribution < 1.29 is 0 Å². The van der Waals surface area contributed by atoms with Crippen LogP contribution in [-0.4, -0.2) is 43.8 Å². The van der Waals surface area contributed by atoms with Gasteiger partial charge >= 0.3 is 0 Å². The molecule has 7 heteroatoms. The Hall–Kier alpha value is -1.08. The number of hydrogen-bond acceptors (Lipinski definition) is 6. The molecule has 1 fully saturated rings. The Morgan fingerprint density at radius 1 is 1.42 bits per heavy atom. The van der Waals surface area contributed by atoms with Crippen molar-refractivity contribution in [2.75, 3.05) is 23.7 Å². The number of anilines is 1. The van der Waals surface area contributed by atoms with Gasteiger partial charge in [0, 0.05) is 28.5 Å². The van der Waals surface area contributed by atoms with Crippen LogP contribution in [0.5, 0.6) is 0 Å². The lowest BCUT2D eigenvalue weighted by atomic mass is 10.2. The molecule has 1 aliphatic rings. The SMILES string of the molecule is CC1(C)CN(c2nnnn2Cc2cccs2)CCS1. The fourth-order valence-corrected chi connectivity index (χ4v) is 4.06. The molecule has 3 rings (SSSR count). The molecule has 0 amide bonds. The molecule has 0 N–H and O–H groups in total. The molecule has 19 heavy (non-hydrogen) atoms. The summed E-state index contributed by atoms with van der Waals surface area (Å²) in [6.45, 7) is 7.31. The zero-order valence-electron chi connectivity index (χ0n) is 11.1. The normalized spacial score (nSPS) is 18.7. The van der Waals surface area contributed by atoms with Gasteiger partial charge in [-0.3, -0.25) is 0 Å². The van der Waals surface area contributed by atoms with E-state index in [0.29, 0.717) is 0 Å². The van der Waals surface area contributed by atoms with Crippen molar-refractivity contribution in [3.05, 3.63) is 22.4 Å². The third-order valence-electron chi connectivity index (χ3n) is 3.11. The molecule has 3 heterocycles. The highest BCUT2D eigenvalue weighted by Gasteiger charge is 2.29. The minimum Gasteiger partial charge on any atom is -0.337 e. The topological polar surface area (TPSA) is 46.8 Å². The largest absolute Gasteiger partial charge is 0.337 e. The van der Waals surface area contributed by atoms with Gasteiger partial charge in [-0.25, -0.2) is 4.68 Å². The number of tetrazole rings is 1. The van der Waals surface area contributed by atoms with Crippen molar-refractivity contribution in [2.24, 2.45) is 0 Å². The lowest BCUT2D eigenvalue weighted by molar-refractivity contribution is 0.598. The first-order valence-electron chi connectivity index (χ1n) is 6.31. The van der Waals surface area contributed by atoms with Crippen LogP contribution in [-0.2, 0) is 6.54 Å². The van der Waals surface area contributed by atoms with Crippen LogP contribution in [0.4, 0.5) is 5.95 Å². The molecule has 5 nitrogen and oxygen atoms in total. The molecule has 2 aromatic rings. The standard InChI is InChI=1S/C12H17N5S2/c1-12(2)9-16(5-7-19-12)11-13-14-15-17(11)8-10-4-3-6-18-10/h3-4,6H,5,7-9H2,1-2H3. The molecule has 2 aromatic heterocycles. The molecule has 0 unspecified atom stereocenters. The number of rotatable bonds is 3. The summed E-state index contributed by atoms with van der Waals surface area (Å²) in [5.41, 5.74) is 0. The molecule has 0 aromatic carbocycles. The van der Waals surface area contributed by atoms with E-state index in [-0.39, 0.29) is 4.75 Å². The number of thioether (sulfide) groups is 1. The van der Waals surface area contributed by atoms with Crippen molar-refractivity contribution in [1.82, 2.24) is 20.2 Å². The molecular weight excluding hydrogens is 278 g/mol. The predicted molar refractivity (Wildman–Crippen MR) is 80.0 cm³/mol. The van der Waals surface area contributed by atoms with Gasteiger partial charge in [0.25, 0.3) is 0 Å². The van der Waals surface area contributed by atoms with Crippen molar-refractivity contribution in [3.63, 3.8) is 0 Å². The van der Waals surface area contributed by atoms with Gasteiger partial charge in [-0.2, -0.15) is 11.8 Å². The average molecular weight is 295 g/mol. The second kappa shape index (κ2) is 5.13. The lowest BCUT2D eigenvalue weighted by Gasteiger charge is -2.37. The van der Waals surface area contributed by atoms with Gasteiger partial charge in [0.2, 0.25) is 5.95 Å². The van der Waals surface area contributed by atoms with Crippen molar-refractivity contribution in [3.8, 4) is 0 Å². The first-order chi connectivity index (χ1) is 9.14. The first-order valence-corrected chi connectivity index (χ1v) is 8.18. The van der Waals surface area contributed by atoms with Crippen molar-refractivity contribution >= 4 is 29.0 Å². The van der Waals surface area contributed by atoms with E-state index >= 15 is 0 Å². The van der Waals surface area contributed by atoms with Gasteiger partial charge in [-0.1, -0.05) is 11.2 Å². The van der Waals surface area contributed by atoms with Gasteiger partial charge in [-0.15, -0.1) is 11.3 Å². The van der Waals surface area contributed by atoms with Crippen LogP contribution in [0.15, 0.2) is 17.5 Å². The predicted octanol–water partition coefficient (Wildman–Crippen LogP) is 2.11. The van der Waals surface area contributed by atoms with Crippen LogP contribution < -0.4 is 4.90 Å². The molecule has 102 valence electrons. The highest BCUT2D eigenvalue weighted by molar-refractivity contribution is 8.00. The molecule has 0 atom stereocenters. The average Bonchev–Trinajstić information content (AvgIpc) is 2.99. The zero-order chi connectivity index (χ0) is 13.3. The highest BCUT2D eigenvalue weighted by Crippen LogP contribution is 2.31. The number of thiophene rings is 1. The number of nitrogens with zero attached hydrogens (tertiary/aromatic N) is 5. The van der Waals surface area contributed by atoms with Crippen LogP contribution in [0, 0.1) is 0 Å². The van der Waals surface area contributed by atoms with Crippen LogP contribution in [0.25, 0.3) is 0 Å². The van der Waals surface area contributed by atoms with Gasteiger partial charge in [0.15, 0.2) is 0 Å². The molecular formula is C12H17N5S2. The van der Waals surface area contributed by atoms with Crippen molar-refractivity contribution in [1.29, 1.82) is 0 Å². The molecule has 0 bridgehead atoms. The molecule has 0 aliphatic carbocycles. The van der Waals surface area contributed by atoms with E-state index in [1.165, 1.54) is 4.88 Å². The minimum atomic E-state index is 0.262. The Kier molecular flexibility index (Phi) is 3.49. The smallest absolute Gasteiger partial charge is 0.245 e. The summed E-state index contributed by atoms with van der Waals surface area (Å²) in [6.07, 6.45) is 0. The third-order valence-corrected chi connectivity index (χ3v) is 5.27. The zero-order valence-corrected chi connectivity index (χ0v) is 12.7. The van der Waals surface area contributed by atoms with Gasteiger partial charge in [0.1, 0.15) is 0 Å². The van der Waals surface area contributed by atoms with E-state index in [0.717, 1.165) is 31.3 Å². The Balaban J connectivity index is 1.79. The summed E-state index contributed by atoms with van der Waals surface area (Å²) in [7, 11) is 0. The summed E-state index contributed by atoms with van der Waals surface area (Å²) in [6, 6.07) is 4.18. The van der Waals surface area contributed by atoms with Crippen LogP contribution in [0.2, 0.25) is 0 Å². The fourth-order valence-electron chi connectivity index (χ4n) is 2.27. The Morgan fingerprint density at radius 3 is 3.05 bits per heavy atom. The van der Waals surface area contributed by atoms with E-state index in [4.69, 9.17) is 0 Å². The Morgan fingerprint density at radius 2 is 2.32 bits per heavy atom. The molecule has 1 saturated heterocycles. The maximum absolute atomic E-state index is 4.21. The van der Waals surface area contributed by atoms with E-state index in [1.54, 1.807) is 11.3 Å². The second-order valence-electron chi connectivity index (χ2n) is 5.25. The number of hydrogen-bond donors (Lipinski definition) is 0. The molecule has 0 radical (unpaired) electrons. The molecule has 0 spiro atoms. The Bertz CT molecular complexity index is 534. The number of aromatic nitrogens is 4. The summed E-state index contributed by atoms with van der Waals surface area (Å²) < 4.78 is 2.16. The van der Waals surface area contributed by atoms with E-state index in [9.17, 15) is 0 Å². The summed E-state index contributed by atoms with van der Waals surface area (Å²) in [5.74, 6) is 2.01. The lowest BCUT2D eigenvalue weighted by Crippen LogP contribution is -2.44. The summed E-state index contributed by atoms with van der Waals surface area (Å²) >= 11 is 3.75. The molecule has 1 aliphatic heterocycles. The monoisotopic (exact) mass is 295 g/mol. The van der Waals surface area contributed by atoms with Crippen molar-refractivity contribution in [2.45, 2.75) is 25.1 Å². The van der Waals surface area contributed by atoms with E-state index in [2.05, 4.69) is 51.8 Å². The fraction of sp³-hybridized carbons (Fsp3) is 0.583. The molecule has 0 saturated carbocycles. The summed E-state index contributed by atoms with van der Waals surface area (Å²) in [4.78, 5) is 3.57. The Labute approximate surface area is 121 Å². The van der Waals surface area contributed by atoms with E-state index in [1.807, 2.05) is 16.4 Å². The van der Waals surface area contributed by atoms with Crippen LogP contribution >= 0.6 is 23.1 Å². The minimum absolute atomic E-state index is 0.262. The maximum atomic E-state index is 4.21.